The highest BCUT2D eigenvalue weighted by Crippen LogP contribution is 2.24. The van der Waals surface area contributed by atoms with Crippen molar-refractivity contribution in [1.82, 2.24) is 10.2 Å². The lowest BCUT2D eigenvalue weighted by atomic mass is 9.88. The second kappa shape index (κ2) is 8.15. The molecule has 0 heterocycles. The molecule has 4 nitrogen and oxygen atoms in total. The number of hydrogen-bond donors (Lipinski definition) is 2. The van der Waals surface area contributed by atoms with Crippen molar-refractivity contribution in [3.05, 3.63) is 35.9 Å². The molecule has 1 atom stereocenters. The molecule has 118 valence electrons. The zero-order valence-corrected chi connectivity index (χ0v) is 13.6. The second-order valence-corrected chi connectivity index (χ2v) is 5.67. The van der Waals surface area contributed by atoms with Crippen molar-refractivity contribution >= 4 is 5.97 Å². The quantitative estimate of drug-likeness (QED) is 0.735. The molecule has 2 N–H and O–H groups in total. The summed E-state index contributed by atoms with van der Waals surface area (Å²) in [4.78, 5) is 14.3. The lowest BCUT2D eigenvalue weighted by molar-refractivity contribution is -0.146. The highest BCUT2D eigenvalue weighted by Gasteiger charge is 2.41. The number of aliphatic carboxylic acids is 1. The van der Waals surface area contributed by atoms with Gasteiger partial charge in [0.05, 0.1) is 0 Å². The molecule has 0 aromatic heterocycles. The van der Waals surface area contributed by atoms with E-state index in [1.165, 1.54) is 0 Å². The van der Waals surface area contributed by atoms with E-state index in [-0.39, 0.29) is 0 Å². The molecule has 0 radical (unpaired) electrons. The molecule has 0 aliphatic rings. The van der Waals surface area contributed by atoms with E-state index in [2.05, 4.69) is 31.0 Å². The molecular weight excluding hydrogens is 264 g/mol. The predicted octanol–water partition coefficient (Wildman–Crippen LogP) is 2.70. The molecule has 0 aliphatic heterocycles. The smallest absolute Gasteiger partial charge is 0.329 e. The Hall–Kier alpha value is -1.39. The van der Waals surface area contributed by atoms with E-state index >= 15 is 0 Å². The zero-order valence-electron chi connectivity index (χ0n) is 13.6. The average Bonchev–Trinajstić information content (AvgIpc) is 2.46. The largest absolute Gasteiger partial charge is 0.480 e. The van der Waals surface area contributed by atoms with Gasteiger partial charge in [0.25, 0.3) is 0 Å². The number of carbonyl (C=O) groups is 1. The number of hydrogen-bond acceptors (Lipinski definition) is 3. The van der Waals surface area contributed by atoms with E-state index in [0.29, 0.717) is 19.1 Å². The molecule has 1 unspecified atom stereocenters. The van der Waals surface area contributed by atoms with Crippen LogP contribution in [0.15, 0.2) is 30.3 Å². The molecule has 1 rings (SSSR count). The van der Waals surface area contributed by atoms with Crippen LogP contribution >= 0.6 is 0 Å². The van der Waals surface area contributed by atoms with Gasteiger partial charge >= 0.3 is 5.97 Å². The zero-order chi connectivity index (χ0) is 15.9. The highest BCUT2D eigenvalue weighted by atomic mass is 16.4. The summed E-state index contributed by atoms with van der Waals surface area (Å²) in [5.74, 6) is -0.822. The summed E-state index contributed by atoms with van der Waals surface area (Å²) in [5.41, 5.74) is -0.253. The molecule has 0 spiro atoms. The molecule has 1 aromatic rings. The van der Waals surface area contributed by atoms with Crippen molar-refractivity contribution in [3.63, 3.8) is 0 Å². The van der Waals surface area contributed by atoms with Gasteiger partial charge < -0.3 is 5.11 Å². The van der Waals surface area contributed by atoms with Gasteiger partial charge in [-0.05, 0) is 38.9 Å². The van der Waals surface area contributed by atoms with Crippen LogP contribution in [0.4, 0.5) is 0 Å². The maximum atomic E-state index is 12.1. The summed E-state index contributed by atoms with van der Waals surface area (Å²) in [6.45, 7) is 10.3. The Morgan fingerprint density at radius 1 is 1.29 bits per heavy atom. The molecule has 4 heteroatoms. The van der Waals surface area contributed by atoms with Crippen LogP contribution in [-0.2, 0) is 10.3 Å². The first-order valence-corrected chi connectivity index (χ1v) is 7.76. The monoisotopic (exact) mass is 292 g/mol. The highest BCUT2D eigenvalue weighted by molar-refractivity contribution is 5.81. The lowest BCUT2D eigenvalue weighted by Crippen LogP contribution is -2.57. The minimum absolute atomic E-state index is 0.311. The Morgan fingerprint density at radius 3 is 2.33 bits per heavy atom. The molecule has 0 bridgehead atoms. The van der Waals surface area contributed by atoms with E-state index in [9.17, 15) is 9.90 Å². The van der Waals surface area contributed by atoms with Gasteiger partial charge in [-0.25, -0.2) is 4.79 Å². The van der Waals surface area contributed by atoms with Gasteiger partial charge in [-0.2, -0.15) is 0 Å². The lowest BCUT2D eigenvalue weighted by Gasteiger charge is -2.38. The summed E-state index contributed by atoms with van der Waals surface area (Å²) in [7, 11) is 0. The van der Waals surface area contributed by atoms with E-state index in [1.807, 2.05) is 37.3 Å². The predicted molar refractivity (Wildman–Crippen MR) is 86.4 cm³/mol. The van der Waals surface area contributed by atoms with Gasteiger partial charge in [0, 0.05) is 12.6 Å². The van der Waals surface area contributed by atoms with E-state index in [0.717, 1.165) is 18.5 Å². The maximum absolute atomic E-state index is 12.1. The Morgan fingerprint density at radius 2 is 1.90 bits per heavy atom. The molecular formula is C17H28N2O2. The summed E-state index contributed by atoms with van der Waals surface area (Å²) in [6.07, 6.45) is 1.01. The Bertz CT molecular complexity index is 434. The fourth-order valence-electron chi connectivity index (χ4n) is 2.65. The molecule has 0 fully saturated rings. The van der Waals surface area contributed by atoms with Gasteiger partial charge in [-0.1, -0.05) is 44.2 Å². The summed E-state index contributed by atoms with van der Waals surface area (Å²) in [5, 5.41) is 13.1. The minimum Gasteiger partial charge on any atom is -0.480 e. The molecule has 1 aromatic carbocycles. The Kier molecular flexibility index (Phi) is 6.85. The second-order valence-electron chi connectivity index (χ2n) is 5.67. The number of rotatable bonds is 9. The fraction of sp³-hybridized carbons (Fsp3) is 0.588. The van der Waals surface area contributed by atoms with Crippen LogP contribution in [-0.4, -0.2) is 41.7 Å². The van der Waals surface area contributed by atoms with E-state index in [1.54, 1.807) is 0 Å². The molecule has 0 saturated carbocycles. The van der Waals surface area contributed by atoms with Gasteiger partial charge in [0.1, 0.15) is 0 Å². The number of likely N-dealkylation sites (N-methyl/N-ethyl adjacent to an activating group) is 1. The van der Waals surface area contributed by atoms with Crippen molar-refractivity contribution in [2.24, 2.45) is 0 Å². The molecule has 21 heavy (non-hydrogen) atoms. The van der Waals surface area contributed by atoms with Crippen molar-refractivity contribution in [3.8, 4) is 0 Å². The first kappa shape index (κ1) is 17.7. The van der Waals surface area contributed by atoms with Crippen LogP contribution in [0.25, 0.3) is 0 Å². The third kappa shape index (κ3) is 4.29. The summed E-state index contributed by atoms with van der Waals surface area (Å²) < 4.78 is 0. The van der Waals surface area contributed by atoms with Crippen molar-refractivity contribution in [2.75, 3.05) is 19.6 Å². The van der Waals surface area contributed by atoms with Crippen molar-refractivity contribution in [2.45, 2.75) is 45.7 Å². The number of nitrogens with zero attached hydrogens (tertiary/aromatic N) is 1. The SMILES string of the molecule is CCCN(CC(NCC)(C(=O)O)c1ccccc1)C(C)C. The van der Waals surface area contributed by atoms with Crippen LogP contribution in [0.5, 0.6) is 0 Å². The standard InChI is InChI=1S/C17H28N2O2/c1-5-12-19(14(3)4)13-17(16(20)21,18-6-2)15-10-8-7-9-11-15/h7-11,14,18H,5-6,12-13H2,1-4H3,(H,20,21). The Balaban J connectivity index is 3.20. The summed E-state index contributed by atoms with van der Waals surface area (Å²) >= 11 is 0. The molecule has 0 amide bonds. The topological polar surface area (TPSA) is 52.6 Å². The van der Waals surface area contributed by atoms with Gasteiger partial charge in [0.15, 0.2) is 5.54 Å². The average molecular weight is 292 g/mol. The van der Waals surface area contributed by atoms with Gasteiger partial charge in [-0.15, -0.1) is 0 Å². The van der Waals surface area contributed by atoms with Crippen LogP contribution in [0.3, 0.4) is 0 Å². The number of carboxylic acid groups (broad SMARTS) is 1. The number of benzene rings is 1. The van der Waals surface area contributed by atoms with Crippen LogP contribution in [0, 0.1) is 0 Å². The van der Waals surface area contributed by atoms with Crippen LogP contribution in [0.2, 0.25) is 0 Å². The Labute approximate surface area is 128 Å². The number of nitrogens with one attached hydrogen (secondary N) is 1. The summed E-state index contributed by atoms with van der Waals surface area (Å²) in [6, 6.07) is 9.79. The third-order valence-corrected chi connectivity index (χ3v) is 3.79. The first-order chi connectivity index (χ1) is 9.97. The van der Waals surface area contributed by atoms with Crippen molar-refractivity contribution in [1.29, 1.82) is 0 Å². The first-order valence-electron chi connectivity index (χ1n) is 7.76. The number of carboxylic acids is 1. The van der Waals surface area contributed by atoms with Crippen molar-refractivity contribution < 1.29 is 9.90 Å². The van der Waals surface area contributed by atoms with E-state index in [4.69, 9.17) is 0 Å². The maximum Gasteiger partial charge on any atom is 0.329 e. The van der Waals surface area contributed by atoms with Crippen LogP contribution < -0.4 is 5.32 Å². The van der Waals surface area contributed by atoms with Gasteiger partial charge in [0.2, 0.25) is 0 Å². The minimum atomic E-state index is -1.06. The third-order valence-electron chi connectivity index (χ3n) is 3.79. The van der Waals surface area contributed by atoms with Gasteiger partial charge in [-0.3, -0.25) is 10.2 Å². The molecule has 0 saturated heterocycles. The fourth-order valence-corrected chi connectivity index (χ4v) is 2.65. The normalized spacial score (nSPS) is 14.4. The molecule has 0 aliphatic carbocycles. The van der Waals surface area contributed by atoms with E-state index < -0.39 is 11.5 Å². The van der Waals surface area contributed by atoms with Crippen LogP contribution in [0.1, 0.15) is 39.7 Å².